The zero-order valence-electron chi connectivity index (χ0n) is 19.9. The molecule has 1 aromatic carbocycles. The number of Topliss-reactive ketones (excluding diaryl/α,β-unsaturated/α-hetero) is 1. The zero-order valence-corrected chi connectivity index (χ0v) is 19.9. The van der Waals surface area contributed by atoms with Crippen LogP contribution in [0, 0.1) is 6.92 Å². The van der Waals surface area contributed by atoms with Gasteiger partial charge in [-0.25, -0.2) is 4.79 Å². The minimum absolute atomic E-state index is 0.0252. The molecule has 1 atom stereocenters. The van der Waals surface area contributed by atoms with Gasteiger partial charge in [0.05, 0.1) is 21.3 Å². The Labute approximate surface area is 194 Å². The van der Waals surface area contributed by atoms with Gasteiger partial charge in [-0.05, 0) is 68.2 Å². The van der Waals surface area contributed by atoms with Crippen LogP contribution in [0.4, 0.5) is 0 Å². The topological polar surface area (TPSA) is 86.9 Å². The predicted molar refractivity (Wildman–Crippen MR) is 124 cm³/mol. The number of rotatable bonds is 6. The number of nitrogens with one attached hydrogen (secondary N) is 1. The zero-order chi connectivity index (χ0) is 23.5. The molecule has 1 unspecified atom stereocenters. The van der Waals surface area contributed by atoms with Crippen LogP contribution in [-0.4, -0.2) is 44.2 Å². The van der Waals surface area contributed by atoms with Gasteiger partial charge in [0, 0.05) is 17.7 Å². The first kappa shape index (κ1) is 23.2. The summed E-state index contributed by atoms with van der Waals surface area (Å²) in [5.41, 5.74) is 3.44. The Hall–Kier alpha value is -2.96. The van der Waals surface area contributed by atoms with Crippen molar-refractivity contribution in [1.82, 2.24) is 4.98 Å². The lowest BCUT2D eigenvalue weighted by Crippen LogP contribution is -2.19. The first-order chi connectivity index (χ1) is 16.0. The summed E-state index contributed by atoms with van der Waals surface area (Å²) in [5, 5.41) is 0. The van der Waals surface area contributed by atoms with Crippen molar-refractivity contribution >= 4 is 11.8 Å². The van der Waals surface area contributed by atoms with Gasteiger partial charge in [-0.3, -0.25) is 4.79 Å². The van der Waals surface area contributed by atoms with E-state index in [4.69, 9.17) is 18.9 Å². The van der Waals surface area contributed by atoms with E-state index in [0.717, 1.165) is 36.9 Å². The lowest BCUT2D eigenvalue weighted by atomic mass is 9.81. The smallest absolute Gasteiger partial charge is 0.355 e. The highest BCUT2D eigenvalue weighted by molar-refractivity contribution is 6.03. The molecular weight excluding hydrogens is 422 g/mol. The third-order valence-corrected chi connectivity index (χ3v) is 6.93. The molecule has 1 aromatic heterocycles. The van der Waals surface area contributed by atoms with Crippen LogP contribution < -0.4 is 14.2 Å². The fraction of sp³-hybridized carbons (Fsp3) is 0.538. The van der Waals surface area contributed by atoms with Crippen LogP contribution in [0.25, 0.3) is 0 Å². The van der Waals surface area contributed by atoms with E-state index in [9.17, 15) is 9.59 Å². The van der Waals surface area contributed by atoms with Gasteiger partial charge in [0.1, 0.15) is 11.8 Å². The van der Waals surface area contributed by atoms with Gasteiger partial charge in [0.2, 0.25) is 5.75 Å². The van der Waals surface area contributed by atoms with Crippen molar-refractivity contribution in [3.63, 3.8) is 0 Å². The molecule has 0 bridgehead atoms. The molecule has 7 nitrogen and oxygen atoms in total. The van der Waals surface area contributed by atoms with Crippen molar-refractivity contribution in [2.75, 3.05) is 21.3 Å². The minimum Gasteiger partial charge on any atom is -0.493 e. The fourth-order valence-corrected chi connectivity index (χ4v) is 5.18. The highest BCUT2D eigenvalue weighted by Gasteiger charge is 2.33. The number of methoxy groups -OCH3 is 3. The van der Waals surface area contributed by atoms with Crippen LogP contribution in [0.5, 0.6) is 17.2 Å². The number of ketones is 1. The molecule has 0 aliphatic heterocycles. The van der Waals surface area contributed by atoms with Gasteiger partial charge >= 0.3 is 5.97 Å². The van der Waals surface area contributed by atoms with Gasteiger partial charge in [-0.2, -0.15) is 0 Å². The van der Waals surface area contributed by atoms with Gasteiger partial charge in [0.15, 0.2) is 17.3 Å². The second-order valence-corrected chi connectivity index (χ2v) is 8.98. The molecular formula is C26H33NO6. The third-order valence-electron chi connectivity index (χ3n) is 6.93. The summed E-state index contributed by atoms with van der Waals surface area (Å²) in [7, 11) is 4.71. The maximum absolute atomic E-state index is 13.1. The molecule has 4 rings (SSSR count). The molecule has 1 fully saturated rings. The van der Waals surface area contributed by atoms with Crippen molar-refractivity contribution < 1.29 is 28.5 Å². The molecule has 0 radical (unpaired) electrons. The number of ether oxygens (including phenoxy) is 4. The predicted octanol–water partition coefficient (Wildman–Crippen LogP) is 5.14. The molecule has 33 heavy (non-hydrogen) atoms. The van der Waals surface area contributed by atoms with Crippen LogP contribution in [0.3, 0.4) is 0 Å². The maximum Gasteiger partial charge on any atom is 0.355 e. The van der Waals surface area contributed by atoms with Crippen LogP contribution in [0.15, 0.2) is 12.1 Å². The summed E-state index contributed by atoms with van der Waals surface area (Å²) in [6, 6.07) is 3.78. The Kier molecular flexibility index (Phi) is 6.96. The molecule has 178 valence electrons. The number of hydrogen-bond acceptors (Lipinski definition) is 6. The summed E-state index contributed by atoms with van der Waals surface area (Å²) >= 11 is 0. The Bertz CT molecular complexity index is 1010. The standard InChI is InChI=1S/C26H33NO6/c1-15-23-19(27-24(15)26(29)33-18-9-7-5-6-8-10-18)11-16(12-20(23)28)17-13-21(30-2)25(32-4)22(14-17)31-3/h13-14,16,18,27H,5-12H2,1-4H3. The number of H-pyrrole nitrogens is 1. The van der Waals surface area contributed by atoms with E-state index in [-0.39, 0.29) is 23.8 Å². The molecule has 0 spiro atoms. The molecule has 7 heteroatoms. The van der Waals surface area contributed by atoms with E-state index in [0.29, 0.717) is 46.9 Å². The highest BCUT2D eigenvalue weighted by atomic mass is 16.5. The molecule has 1 N–H and O–H groups in total. The Balaban J connectivity index is 1.59. The minimum atomic E-state index is -0.356. The number of esters is 1. The normalized spacial score (nSPS) is 18.9. The van der Waals surface area contributed by atoms with Crippen LogP contribution >= 0.6 is 0 Å². The molecule has 1 saturated carbocycles. The molecule has 1 heterocycles. The fourth-order valence-electron chi connectivity index (χ4n) is 5.18. The average Bonchev–Trinajstić information content (AvgIpc) is 2.97. The number of carbonyl (C=O) groups is 2. The first-order valence-corrected chi connectivity index (χ1v) is 11.7. The first-order valence-electron chi connectivity index (χ1n) is 11.7. The van der Waals surface area contributed by atoms with Gasteiger partial charge < -0.3 is 23.9 Å². The number of hydrogen-bond donors (Lipinski definition) is 1. The molecule has 2 aromatic rings. The van der Waals surface area contributed by atoms with Crippen molar-refractivity contribution in [2.45, 2.75) is 70.3 Å². The van der Waals surface area contributed by atoms with E-state index in [2.05, 4.69) is 4.98 Å². The van der Waals surface area contributed by atoms with Gasteiger partial charge in [-0.1, -0.05) is 12.8 Å². The van der Waals surface area contributed by atoms with Crippen molar-refractivity contribution in [3.05, 3.63) is 40.2 Å². The van der Waals surface area contributed by atoms with E-state index in [1.165, 1.54) is 12.8 Å². The van der Waals surface area contributed by atoms with Crippen LogP contribution in [0.2, 0.25) is 0 Å². The molecule has 0 saturated heterocycles. The number of fused-ring (bicyclic) bond motifs is 1. The SMILES string of the molecule is COc1cc(C2CC(=O)c3c([nH]c(C(=O)OC4CCCCCC4)c3C)C2)cc(OC)c1OC. The molecule has 0 amide bonds. The van der Waals surface area contributed by atoms with Crippen LogP contribution in [-0.2, 0) is 11.2 Å². The van der Waals surface area contributed by atoms with E-state index < -0.39 is 0 Å². The average molecular weight is 456 g/mol. The van der Waals surface area contributed by atoms with Crippen molar-refractivity contribution in [1.29, 1.82) is 0 Å². The lowest BCUT2D eigenvalue weighted by Gasteiger charge is -2.24. The van der Waals surface area contributed by atoms with Gasteiger partial charge in [0.25, 0.3) is 0 Å². The van der Waals surface area contributed by atoms with Gasteiger partial charge in [-0.15, -0.1) is 0 Å². The quantitative estimate of drug-likeness (QED) is 0.479. The van der Waals surface area contributed by atoms with Crippen LogP contribution in [0.1, 0.15) is 88.5 Å². The summed E-state index contributed by atoms with van der Waals surface area (Å²) in [6.45, 7) is 1.83. The lowest BCUT2D eigenvalue weighted by molar-refractivity contribution is 0.0260. The van der Waals surface area contributed by atoms with Crippen molar-refractivity contribution in [3.8, 4) is 17.2 Å². The van der Waals surface area contributed by atoms with Crippen molar-refractivity contribution in [2.24, 2.45) is 0 Å². The summed E-state index contributed by atoms with van der Waals surface area (Å²) in [5.74, 6) is 1.23. The second-order valence-electron chi connectivity index (χ2n) is 8.98. The molecule has 2 aliphatic carbocycles. The summed E-state index contributed by atoms with van der Waals surface area (Å²) in [6.07, 6.45) is 7.31. The second kappa shape index (κ2) is 9.89. The molecule has 2 aliphatic rings. The summed E-state index contributed by atoms with van der Waals surface area (Å²) in [4.78, 5) is 29.3. The van der Waals surface area contributed by atoms with E-state index in [1.807, 2.05) is 19.1 Å². The Morgan fingerprint density at radius 2 is 1.58 bits per heavy atom. The number of aromatic nitrogens is 1. The number of carbonyl (C=O) groups excluding carboxylic acids is 2. The van der Waals surface area contributed by atoms with E-state index in [1.54, 1.807) is 21.3 Å². The number of aromatic amines is 1. The Morgan fingerprint density at radius 3 is 2.15 bits per heavy atom. The Morgan fingerprint density at radius 1 is 0.939 bits per heavy atom. The maximum atomic E-state index is 13.1. The van der Waals surface area contributed by atoms with E-state index >= 15 is 0 Å². The highest BCUT2D eigenvalue weighted by Crippen LogP contribution is 2.43. The third kappa shape index (κ3) is 4.59. The number of benzene rings is 1. The summed E-state index contributed by atoms with van der Waals surface area (Å²) < 4.78 is 22.2. The largest absolute Gasteiger partial charge is 0.493 e. The monoisotopic (exact) mass is 455 g/mol.